The Morgan fingerprint density at radius 2 is 0.476 bits per heavy atom. The van der Waals surface area contributed by atoms with Gasteiger partial charge in [0.05, 0.1) is 26.4 Å². The van der Waals surface area contributed by atoms with Gasteiger partial charge in [0.25, 0.3) is 29.8 Å². The summed E-state index contributed by atoms with van der Waals surface area (Å²) in [5, 5.41) is 101. The average Bonchev–Trinajstić information content (AvgIpc) is 2.82. The van der Waals surface area contributed by atoms with Crippen LogP contribution in [0.2, 0.25) is 0 Å². The van der Waals surface area contributed by atoms with E-state index in [4.69, 9.17) is 90.4 Å². The molecule has 0 heterocycles. The second-order valence-electron chi connectivity index (χ2n) is 6.13. The molecule has 20 heteroatoms. The summed E-state index contributed by atoms with van der Waals surface area (Å²) in [6.07, 6.45) is -1.46. The molecule has 13 N–H and O–H groups in total. The molecule has 0 amide bonds. The Hall–Kier alpha value is -3.95. The Morgan fingerprint density at radius 3 is 0.476 bits per heavy atom. The summed E-state index contributed by atoms with van der Waals surface area (Å²) in [6, 6.07) is 0. The second kappa shape index (κ2) is 57.1. The van der Waals surface area contributed by atoms with Gasteiger partial charge in [-0.15, -0.1) is 0 Å². The molecule has 0 aliphatic carbocycles. The molecule has 256 valence electrons. The first-order chi connectivity index (χ1) is 18.8. The van der Waals surface area contributed by atoms with Crippen molar-refractivity contribution >= 4 is 41.8 Å². The summed E-state index contributed by atoms with van der Waals surface area (Å²) < 4.78 is 0. The molecule has 0 aliphatic rings. The van der Waals surface area contributed by atoms with E-state index >= 15 is 0 Å². The molecule has 0 aliphatic heterocycles. The van der Waals surface area contributed by atoms with Crippen LogP contribution in [-0.2, 0) is 33.6 Å². The van der Waals surface area contributed by atoms with Gasteiger partial charge in [0.2, 0.25) is 0 Å². The molecule has 0 aromatic carbocycles. The van der Waals surface area contributed by atoms with E-state index in [1.807, 2.05) is 0 Å². The van der Waals surface area contributed by atoms with E-state index < -0.39 is 54.0 Å². The maximum atomic E-state index is 9.37. The summed E-state index contributed by atoms with van der Waals surface area (Å²) in [7, 11) is 0. The Balaban J connectivity index is -0.0000000419. The van der Waals surface area contributed by atoms with Gasteiger partial charge < -0.3 is 66.4 Å². The number of aliphatic hydroxyl groups excluding tert-OH is 6. The fourth-order valence-corrected chi connectivity index (χ4v) is 0.115. The minimum absolute atomic E-state index is 0.222. The Morgan fingerprint density at radius 1 is 0.405 bits per heavy atom. The van der Waals surface area contributed by atoms with E-state index in [-0.39, 0.29) is 39.3 Å². The third-order valence-electron chi connectivity index (χ3n) is 1.45. The summed E-state index contributed by atoms with van der Waals surface area (Å²) in [5.41, 5.74) is 0. The number of aliphatic hydroxyl groups is 6. The van der Waals surface area contributed by atoms with Crippen LogP contribution in [0.4, 0.5) is 0 Å². The van der Waals surface area contributed by atoms with Crippen LogP contribution < -0.4 is 0 Å². The number of carboxylic acids is 7. The van der Waals surface area contributed by atoms with Crippen LogP contribution in [0, 0.1) is 0 Å². The minimum Gasteiger partial charge on any atom is -0.481 e. The summed E-state index contributed by atoms with van der Waals surface area (Å²) in [5.74, 6) is -5.66. The first kappa shape index (κ1) is 61.9. The van der Waals surface area contributed by atoms with Crippen molar-refractivity contribution in [1.82, 2.24) is 0 Å². The van der Waals surface area contributed by atoms with Crippen molar-refractivity contribution in [3.8, 4) is 0 Å². The molecule has 20 nitrogen and oxygen atoms in total. The van der Waals surface area contributed by atoms with Crippen LogP contribution in [0.1, 0.15) is 61.3 Å². The molecule has 0 saturated heterocycles. The summed E-state index contributed by atoms with van der Waals surface area (Å²) in [4.78, 5) is 63.7. The van der Waals surface area contributed by atoms with Crippen LogP contribution in [0.5, 0.6) is 0 Å². The first-order valence-electron chi connectivity index (χ1n) is 11.0. The van der Waals surface area contributed by atoms with Crippen LogP contribution in [0.3, 0.4) is 0 Å². The van der Waals surface area contributed by atoms with E-state index in [9.17, 15) is 9.59 Å². The van der Waals surface area contributed by atoms with Crippen molar-refractivity contribution in [2.24, 2.45) is 0 Å². The third kappa shape index (κ3) is 683. The Labute approximate surface area is 242 Å². The van der Waals surface area contributed by atoms with E-state index in [1.54, 1.807) is 13.8 Å². The van der Waals surface area contributed by atoms with Gasteiger partial charge in [-0.25, -0.2) is 0 Å². The zero-order valence-electron chi connectivity index (χ0n) is 24.6. The van der Waals surface area contributed by atoms with Gasteiger partial charge in [-0.05, 0) is 0 Å². The van der Waals surface area contributed by atoms with Gasteiger partial charge in [0, 0.05) is 47.5 Å². The normalized spacial score (nSPS) is 7.60. The molecular formula is C22H48O20. The van der Waals surface area contributed by atoms with Crippen molar-refractivity contribution in [1.29, 1.82) is 0 Å². The van der Waals surface area contributed by atoms with Crippen molar-refractivity contribution < 1.29 is 99.9 Å². The first-order valence-corrected chi connectivity index (χ1v) is 11.0. The maximum absolute atomic E-state index is 9.37. The molecule has 0 radical (unpaired) electrons. The highest BCUT2D eigenvalue weighted by molar-refractivity contribution is 5.66. The molecule has 0 saturated carbocycles. The predicted molar refractivity (Wildman–Crippen MR) is 143 cm³/mol. The quantitative estimate of drug-likeness (QED) is 0.152. The van der Waals surface area contributed by atoms with Gasteiger partial charge in [0.15, 0.2) is 0 Å². The van der Waals surface area contributed by atoms with Crippen molar-refractivity contribution in [3.63, 3.8) is 0 Å². The van der Waals surface area contributed by atoms with Crippen LogP contribution in [-0.4, -0.2) is 147 Å². The Bertz CT molecular complexity index is 514. The lowest BCUT2D eigenvalue weighted by Gasteiger charge is -1.96. The minimum atomic E-state index is -0.954. The van der Waals surface area contributed by atoms with Gasteiger partial charge in [-0.2, -0.15) is 0 Å². The smallest absolute Gasteiger partial charge is 0.303 e. The molecule has 0 aromatic heterocycles. The van der Waals surface area contributed by atoms with Gasteiger partial charge in [0.1, 0.15) is 12.2 Å². The van der Waals surface area contributed by atoms with Crippen LogP contribution in [0.25, 0.3) is 0 Å². The average molecular weight is 633 g/mol. The summed E-state index contributed by atoms with van der Waals surface area (Å²) >= 11 is 0. The molecule has 0 aromatic rings. The SMILES string of the molecule is CC(=O)O.CC(=O)O.CC(=O)O.CC(=O)O.CC(=O)O.CCC(=O)O.CCC(=O)O.OCC(O)CO.OCC(O)CO. The molecule has 0 unspecified atom stereocenters. The molecule has 42 heavy (non-hydrogen) atoms. The second-order valence-corrected chi connectivity index (χ2v) is 6.13. The van der Waals surface area contributed by atoms with Crippen molar-refractivity contribution in [3.05, 3.63) is 0 Å². The molecule has 0 spiro atoms. The highest BCUT2D eigenvalue weighted by Gasteiger charge is 1.94. The van der Waals surface area contributed by atoms with Gasteiger partial charge in [-0.1, -0.05) is 13.8 Å². The van der Waals surface area contributed by atoms with E-state index in [0.717, 1.165) is 34.6 Å². The zero-order valence-corrected chi connectivity index (χ0v) is 24.6. The van der Waals surface area contributed by atoms with E-state index in [2.05, 4.69) is 0 Å². The number of hydrogen-bond acceptors (Lipinski definition) is 13. The number of rotatable bonds is 6. The lowest BCUT2D eigenvalue weighted by molar-refractivity contribution is -0.137. The highest BCUT2D eigenvalue weighted by Crippen LogP contribution is 1.72. The molecule has 0 atom stereocenters. The number of hydrogen-bond donors (Lipinski definition) is 13. The Kier molecular flexibility index (Phi) is 84.1. The fraction of sp³-hybridized carbons (Fsp3) is 0.682. The van der Waals surface area contributed by atoms with E-state index in [1.165, 1.54) is 0 Å². The maximum Gasteiger partial charge on any atom is 0.303 e. The monoisotopic (exact) mass is 632 g/mol. The zero-order chi connectivity index (χ0) is 36.4. The highest BCUT2D eigenvalue weighted by atomic mass is 16.4. The molecule has 0 fully saturated rings. The third-order valence-corrected chi connectivity index (χ3v) is 1.45. The molecular weight excluding hydrogens is 584 g/mol. The van der Waals surface area contributed by atoms with E-state index in [0.29, 0.717) is 0 Å². The lowest BCUT2D eigenvalue weighted by atomic mass is 10.4. The van der Waals surface area contributed by atoms with Crippen LogP contribution >= 0.6 is 0 Å². The van der Waals surface area contributed by atoms with Crippen LogP contribution in [0.15, 0.2) is 0 Å². The fourth-order valence-electron chi connectivity index (χ4n) is 0.115. The topological polar surface area (TPSA) is 382 Å². The summed E-state index contributed by atoms with van der Waals surface area (Å²) in [6.45, 7) is 7.16. The number of carboxylic acid groups (broad SMARTS) is 7. The molecule has 0 rings (SSSR count). The largest absolute Gasteiger partial charge is 0.481 e. The van der Waals surface area contributed by atoms with Gasteiger partial charge >= 0.3 is 11.9 Å². The van der Waals surface area contributed by atoms with Crippen molar-refractivity contribution in [2.45, 2.75) is 73.5 Å². The standard InChI is InChI=1S/2C3H8O3.2C3H6O2.5C2H4O2/c2*4-1-3(6)2-5;2*1-2-3(4)5;5*1-2(3)4/h2*3-6H,1-2H2;2*2H2,1H3,(H,4,5);5*1H3,(H,3,4). The molecule has 0 bridgehead atoms. The lowest BCUT2D eigenvalue weighted by Crippen LogP contribution is -2.15. The number of carbonyl (C=O) groups is 7. The van der Waals surface area contributed by atoms with Crippen molar-refractivity contribution in [2.75, 3.05) is 26.4 Å². The number of aliphatic carboxylic acids is 7. The predicted octanol–water partition coefficient (Wildman–Crippen LogP) is -1.92. The van der Waals surface area contributed by atoms with Gasteiger partial charge in [-0.3, -0.25) is 33.6 Å².